The fourth-order valence-electron chi connectivity index (χ4n) is 0.996. The topological polar surface area (TPSA) is 52.6 Å². The number of carbonyl (C=O) groups is 2. The van der Waals surface area contributed by atoms with Crippen LogP contribution in [0, 0.1) is 20.2 Å². The second kappa shape index (κ2) is 6.93. The zero-order valence-electron chi connectivity index (χ0n) is 13.7. The van der Waals surface area contributed by atoms with Gasteiger partial charge in [-0.05, 0) is 0 Å². The van der Waals surface area contributed by atoms with Gasteiger partial charge in [-0.25, -0.2) is 0 Å². The van der Waals surface area contributed by atoms with Gasteiger partial charge in [-0.3, -0.25) is 0 Å². The Labute approximate surface area is 138 Å². The Morgan fingerprint density at radius 3 is 1.55 bits per heavy atom. The van der Waals surface area contributed by atoms with Gasteiger partial charge < -0.3 is 0 Å². The van der Waals surface area contributed by atoms with Crippen LogP contribution in [0.2, 0.25) is 0 Å². The van der Waals surface area contributed by atoms with Crippen LogP contribution in [0.5, 0.6) is 0 Å². The summed E-state index contributed by atoms with van der Waals surface area (Å²) in [6, 6.07) is 5.50. The first-order chi connectivity index (χ1) is 9.91. The Morgan fingerprint density at radius 2 is 1.23 bits per heavy atom. The van der Waals surface area contributed by atoms with Crippen LogP contribution in [0.3, 0.4) is 0 Å². The summed E-state index contributed by atoms with van der Waals surface area (Å²) in [5.74, 6) is -1.28. The molecule has 1 aromatic carbocycles. The van der Waals surface area contributed by atoms with E-state index in [9.17, 15) is 14.0 Å². The summed E-state index contributed by atoms with van der Waals surface area (Å²) in [6.07, 6.45) is 0. The van der Waals surface area contributed by atoms with Crippen molar-refractivity contribution in [1.82, 2.24) is 0 Å². The standard InChI is InChI=1S/C16H22FIO4/c1-15(2,3)13(19)21-18(22-14(20)16(4,5)6)12-9-7-11(17)8-10-12/h7-10H,1-6H3. The van der Waals surface area contributed by atoms with Gasteiger partial charge in [0.25, 0.3) is 0 Å². The number of rotatable bonds is 3. The molecule has 0 aliphatic heterocycles. The van der Waals surface area contributed by atoms with E-state index in [0.29, 0.717) is 3.57 Å². The van der Waals surface area contributed by atoms with E-state index in [-0.39, 0.29) is 0 Å². The Hall–Kier alpha value is -1.18. The quantitative estimate of drug-likeness (QED) is 0.671. The van der Waals surface area contributed by atoms with Crippen molar-refractivity contribution in [3.63, 3.8) is 0 Å². The first-order valence-corrected chi connectivity index (χ1v) is 9.66. The maximum atomic E-state index is 13.1. The molecule has 0 amide bonds. The predicted octanol–water partition coefficient (Wildman–Crippen LogP) is 4.51. The van der Waals surface area contributed by atoms with Crippen molar-refractivity contribution in [2.75, 3.05) is 0 Å². The van der Waals surface area contributed by atoms with Crippen LogP contribution in [0.15, 0.2) is 24.3 Å². The summed E-state index contributed by atoms with van der Waals surface area (Å²) < 4.78 is 24.5. The normalized spacial score (nSPS) is 12.6. The van der Waals surface area contributed by atoms with Gasteiger partial charge in [-0.1, -0.05) is 0 Å². The first-order valence-electron chi connectivity index (χ1n) is 6.82. The number of benzene rings is 1. The van der Waals surface area contributed by atoms with Gasteiger partial charge in [0.15, 0.2) is 0 Å². The molecule has 0 aromatic heterocycles. The van der Waals surface area contributed by atoms with Crippen molar-refractivity contribution in [2.24, 2.45) is 10.8 Å². The molecule has 6 heteroatoms. The van der Waals surface area contributed by atoms with Crippen molar-refractivity contribution >= 4 is 32.6 Å². The summed E-state index contributed by atoms with van der Waals surface area (Å²) in [4.78, 5) is 24.2. The fraction of sp³-hybridized carbons (Fsp3) is 0.500. The van der Waals surface area contributed by atoms with Crippen molar-refractivity contribution < 1.29 is 20.1 Å². The van der Waals surface area contributed by atoms with E-state index < -0.39 is 49.2 Å². The molecule has 0 N–H and O–H groups in total. The summed E-state index contributed by atoms with van der Waals surface area (Å²) in [6.45, 7) is 10.3. The average molecular weight is 424 g/mol. The molecule has 0 heterocycles. The third kappa shape index (κ3) is 5.55. The molecule has 0 spiro atoms. The second-order valence-corrected chi connectivity index (χ2v) is 10.2. The van der Waals surface area contributed by atoms with Crippen LogP contribution in [0.25, 0.3) is 0 Å². The van der Waals surface area contributed by atoms with Crippen LogP contribution < -0.4 is 0 Å². The maximum absolute atomic E-state index is 13.1. The van der Waals surface area contributed by atoms with Gasteiger partial charge in [0, 0.05) is 0 Å². The van der Waals surface area contributed by atoms with E-state index in [0.717, 1.165) is 0 Å². The van der Waals surface area contributed by atoms with Gasteiger partial charge in [0.1, 0.15) is 0 Å². The van der Waals surface area contributed by atoms with Gasteiger partial charge in [0.2, 0.25) is 0 Å². The zero-order chi connectivity index (χ0) is 17.1. The predicted molar refractivity (Wildman–Crippen MR) is 90.2 cm³/mol. The molecule has 0 radical (unpaired) electrons. The molecule has 22 heavy (non-hydrogen) atoms. The zero-order valence-corrected chi connectivity index (χ0v) is 15.9. The third-order valence-corrected chi connectivity index (χ3v) is 5.82. The Balaban J connectivity index is 3.02. The number of halogens is 2. The number of carbonyl (C=O) groups excluding carboxylic acids is 2. The van der Waals surface area contributed by atoms with E-state index in [4.69, 9.17) is 6.13 Å². The molecule has 0 saturated carbocycles. The Morgan fingerprint density at radius 1 is 0.864 bits per heavy atom. The summed E-state index contributed by atoms with van der Waals surface area (Å²) >= 11 is -3.00. The molecule has 0 saturated heterocycles. The minimum absolute atomic E-state index is 0.399. The molecule has 1 rings (SSSR count). The van der Waals surface area contributed by atoms with Crippen LogP contribution in [0.4, 0.5) is 4.39 Å². The average Bonchev–Trinajstić information content (AvgIpc) is 2.36. The van der Waals surface area contributed by atoms with Gasteiger partial charge in [0.05, 0.1) is 0 Å². The summed E-state index contributed by atoms with van der Waals surface area (Å²) in [7, 11) is 0. The molecular weight excluding hydrogens is 402 g/mol. The van der Waals surface area contributed by atoms with Crippen molar-refractivity contribution in [3.05, 3.63) is 33.7 Å². The van der Waals surface area contributed by atoms with E-state index in [2.05, 4.69) is 0 Å². The van der Waals surface area contributed by atoms with Crippen LogP contribution in [-0.2, 0) is 15.7 Å². The molecule has 124 valence electrons. The minimum atomic E-state index is -3.00. The van der Waals surface area contributed by atoms with Crippen molar-refractivity contribution in [3.8, 4) is 0 Å². The van der Waals surface area contributed by atoms with Crippen molar-refractivity contribution in [2.45, 2.75) is 41.5 Å². The van der Waals surface area contributed by atoms with E-state index in [1.807, 2.05) is 0 Å². The molecule has 0 fully saturated rings. The SMILES string of the molecule is CC(C)(C)C(=O)OI(OC(=O)C(C)(C)C)c1ccc(F)cc1. The molecule has 4 nitrogen and oxygen atoms in total. The molecule has 0 bridgehead atoms. The van der Waals surface area contributed by atoms with Crippen LogP contribution in [0.1, 0.15) is 41.5 Å². The van der Waals surface area contributed by atoms with Crippen LogP contribution in [-0.4, -0.2) is 11.9 Å². The van der Waals surface area contributed by atoms with Gasteiger partial charge >= 0.3 is 139 Å². The molecular formula is C16H22FIO4. The molecule has 0 atom stereocenters. The Kier molecular flexibility index (Phi) is 5.95. The molecule has 1 aromatic rings. The summed E-state index contributed by atoms with van der Waals surface area (Å²) in [5, 5.41) is 0. The van der Waals surface area contributed by atoms with Crippen molar-refractivity contribution in [1.29, 1.82) is 0 Å². The Bertz CT molecular complexity index is 513. The first kappa shape index (κ1) is 18.9. The molecule has 0 aliphatic carbocycles. The molecule has 0 aliphatic rings. The van der Waals surface area contributed by atoms with Crippen LogP contribution >= 0.6 is 20.6 Å². The summed E-state index contributed by atoms with van der Waals surface area (Å²) in [5.41, 5.74) is -1.41. The number of hydrogen-bond acceptors (Lipinski definition) is 4. The fourth-order valence-corrected chi connectivity index (χ4v) is 4.59. The van der Waals surface area contributed by atoms with E-state index >= 15 is 0 Å². The number of hydrogen-bond donors (Lipinski definition) is 0. The van der Waals surface area contributed by atoms with Gasteiger partial charge in [-0.15, -0.1) is 0 Å². The monoisotopic (exact) mass is 424 g/mol. The van der Waals surface area contributed by atoms with E-state index in [1.165, 1.54) is 24.3 Å². The third-order valence-electron chi connectivity index (χ3n) is 2.49. The van der Waals surface area contributed by atoms with Gasteiger partial charge in [-0.2, -0.15) is 0 Å². The second-order valence-electron chi connectivity index (χ2n) is 6.88. The molecule has 0 unspecified atom stereocenters. The van der Waals surface area contributed by atoms with E-state index in [1.54, 1.807) is 41.5 Å².